The number of hydrogen-bond acceptors (Lipinski definition) is 1. The van der Waals surface area contributed by atoms with Gasteiger partial charge in [0.1, 0.15) is 6.61 Å². The molecule has 137 valence electrons. The highest BCUT2D eigenvalue weighted by atomic mass is 31.1. The normalized spacial score (nSPS) is 21.9. The molecule has 0 aromatic heterocycles. The molecule has 1 saturated heterocycles. The molecule has 1 fully saturated rings. The van der Waals surface area contributed by atoms with Gasteiger partial charge in [0.25, 0.3) is 0 Å². The van der Waals surface area contributed by atoms with Gasteiger partial charge in [-0.3, -0.25) is 0 Å². The largest absolute Gasteiger partial charge is 0.475 e. The van der Waals surface area contributed by atoms with Crippen molar-refractivity contribution in [2.75, 3.05) is 6.61 Å². The zero-order valence-corrected chi connectivity index (χ0v) is 17.0. The number of benzene rings is 2. The highest BCUT2D eigenvalue weighted by molar-refractivity contribution is 7.77. The van der Waals surface area contributed by atoms with Crippen molar-refractivity contribution in [2.45, 2.75) is 26.8 Å². The van der Waals surface area contributed by atoms with Crippen LogP contribution in [0.1, 0.15) is 20.8 Å². The van der Waals surface area contributed by atoms with Crippen LogP contribution in [-0.2, 0) is 4.74 Å². The highest BCUT2D eigenvalue weighted by Gasteiger charge is 2.35. The minimum absolute atomic E-state index is 0.109. The molecule has 0 unspecified atom stereocenters. The molecule has 4 rings (SSSR count). The Balaban J connectivity index is 1.74. The highest BCUT2D eigenvalue weighted by Crippen LogP contribution is 2.50. The Morgan fingerprint density at radius 2 is 1.52 bits per heavy atom. The molecule has 1 atom stereocenters. The van der Waals surface area contributed by atoms with E-state index in [0.717, 1.165) is 11.5 Å². The van der Waals surface area contributed by atoms with E-state index in [1.807, 2.05) is 0 Å². The van der Waals surface area contributed by atoms with Gasteiger partial charge in [-0.25, -0.2) is 5.32 Å². The van der Waals surface area contributed by atoms with Gasteiger partial charge in [0.2, 0.25) is 5.88 Å². The van der Waals surface area contributed by atoms with Crippen LogP contribution in [0.4, 0.5) is 0 Å². The molecular weight excluding hydrogens is 349 g/mol. The van der Waals surface area contributed by atoms with E-state index in [1.54, 1.807) is 0 Å². The molecule has 1 heterocycles. The van der Waals surface area contributed by atoms with Gasteiger partial charge in [0.15, 0.2) is 0 Å². The Morgan fingerprint density at radius 1 is 0.926 bits per heavy atom. The van der Waals surface area contributed by atoms with Crippen molar-refractivity contribution in [3.05, 3.63) is 95.7 Å². The molecule has 1 aliphatic carbocycles. The second-order valence-corrected chi connectivity index (χ2v) is 10.1. The van der Waals surface area contributed by atoms with Crippen molar-refractivity contribution in [1.82, 2.24) is 5.32 Å². The second kappa shape index (κ2) is 7.37. The van der Waals surface area contributed by atoms with Crippen molar-refractivity contribution in [3.8, 4) is 0 Å². The molecule has 2 nitrogen and oxygen atoms in total. The average molecular weight is 374 g/mol. The first-order valence-corrected chi connectivity index (χ1v) is 10.7. The SMILES string of the molecule is CC(C)(C)[C@@H]1COC(=C2C=CC=C2P(c2ccccc2)c2ccccc2)[N]1. The summed E-state index contributed by atoms with van der Waals surface area (Å²) in [5.74, 6) is 0.800. The minimum Gasteiger partial charge on any atom is -0.475 e. The lowest BCUT2D eigenvalue weighted by Gasteiger charge is -2.23. The van der Waals surface area contributed by atoms with Gasteiger partial charge < -0.3 is 4.74 Å². The topological polar surface area (TPSA) is 23.3 Å². The molecule has 3 heteroatoms. The van der Waals surface area contributed by atoms with Crippen LogP contribution in [0.5, 0.6) is 0 Å². The summed E-state index contributed by atoms with van der Waals surface area (Å²) in [5.41, 5.74) is 1.25. The van der Waals surface area contributed by atoms with Crippen LogP contribution in [0, 0.1) is 5.41 Å². The number of rotatable bonds is 3. The van der Waals surface area contributed by atoms with E-state index >= 15 is 0 Å². The standard InChI is InChI=1S/C24H25NOP/c1-24(2,3)22-17-26-23(25-22)20-15-10-16-21(20)27(18-11-6-4-7-12-18)19-13-8-5-9-14-19/h4-16,22H,17H2,1-3H3/t22-/m0/s1. The maximum Gasteiger partial charge on any atom is 0.217 e. The lowest BCUT2D eigenvalue weighted by atomic mass is 9.88. The lowest BCUT2D eigenvalue weighted by molar-refractivity contribution is 0.214. The van der Waals surface area contributed by atoms with E-state index in [-0.39, 0.29) is 11.5 Å². The van der Waals surface area contributed by atoms with Gasteiger partial charge in [-0.05, 0) is 35.3 Å². The van der Waals surface area contributed by atoms with Crippen LogP contribution in [0.2, 0.25) is 0 Å². The van der Waals surface area contributed by atoms with E-state index in [4.69, 9.17) is 10.1 Å². The van der Waals surface area contributed by atoms with Crippen LogP contribution >= 0.6 is 7.92 Å². The van der Waals surface area contributed by atoms with Crippen LogP contribution in [0.25, 0.3) is 0 Å². The summed E-state index contributed by atoms with van der Waals surface area (Å²) in [6.07, 6.45) is 6.51. The van der Waals surface area contributed by atoms with Gasteiger partial charge in [0, 0.05) is 5.57 Å². The van der Waals surface area contributed by atoms with Crippen LogP contribution in [-0.4, -0.2) is 12.6 Å². The van der Waals surface area contributed by atoms with E-state index < -0.39 is 7.92 Å². The quantitative estimate of drug-likeness (QED) is 0.706. The van der Waals surface area contributed by atoms with E-state index in [1.165, 1.54) is 15.9 Å². The Bertz CT molecular complexity index is 851. The van der Waals surface area contributed by atoms with Gasteiger partial charge in [-0.1, -0.05) is 93.6 Å². The zero-order chi connectivity index (χ0) is 18.9. The molecule has 0 N–H and O–H groups in total. The smallest absolute Gasteiger partial charge is 0.217 e. The molecule has 0 saturated carbocycles. The summed E-state index contributed by atoms with van der Waals surface area (Å²) in [6.45, 7) is 7.33. The Kier molecular flexibility index (Phi) is 4.93. The van der Waals surface area contributed by atoms with Gasteiger partial charge in [-0.15, -0.1) is 0 Å². The predicted octanol–water partition coefficient (Wildman–Crippen LogP) is 4.83. The Hall–Kier alpha value is -2.31. The van der Waals surface area contributed by atoms with Crippen LogP contribution in [0.3, 0.4) is 0 Å². The summed E-state index contributed by atoms with van der Waals surface area (Å²) >= 11 is 0. The Labute approximate surface area is 163 Å². The van der Waals surface area contributed by atoms with Crippen LogP contribution < -0.4 is 15.9 Å². The number of ether oxygens (including phenoxy) is 1. The molecule has 27 heavy (non-hydrogen) atoms. The first-order valence-electron chi connectivity index (χ1n) is 9.41. The molecule has 0 spiro atoms. The van der Waals surface area contributed by atoms with Crippen molar-refractivity contribution < 1.29 is 4.74 Å². The molecule has 0 amide bonds. The van der Waals surface area contributed by atoms with Crippen molar-refractivity contribution in [1.29, 1.82) is 0 Å². The predicted molar refractivity (Wildman–Crippen MR) is 115 cm³/mol. The number of allylic oxidation sites excluding steroid dienone is 5. The van der Waals surface area contributed by atoms with Gasteiger partial charge in [0.05, 0.1) is 6.04 Å². The molecule has 2 aromatic rings. The third-order valence-corrected chi connectivity index (χ3v) is 7.44. The molecular formula is C24H25NOP. The lowest BCUT2D eigenvalue weighted by Crippen LogP contribution is -2.32. The summed E-state index contributed by atoms with van der Waals surface area (Å²) in [5, 5.41) is 8.94. The minimum atomic E-state index is -0.649. The van der Waals surface area contributed by atoms with Gasteiger partial charge in [-0.2, -0.15) is 0 Å². The first kappa shape index (κ1) is 18.1. The molecule has 2 aromatic carbocycles. The second-order valence-electron chi connectivity index (χ2n) is 7.96. The summed E-state index contributed by atoms with van der Waals surface area (Å²) in [4.78, 5) is 0. The van der Waals surface area contributed by atoms with E-state index in [0.29, 0.717) is 6.61 Å². The maximum atomic E-state index is 6.06. The monoisotopic (exact) mass is 374 g/mol. The number of hydrogen-bond donors (Lipinski definition) is 0. The zero-order valence-electron chi connectivity index (χ0n) is 16.1. The summed E-state index contributed by atoms with van der Waals surface area (Å²) < 4.78 is 6.06. The third-order valence-electron chi connectivity index (χ3n) is 4.94. The summed E-state index contributed by atoms with van der Waals surface area (Å²) in [7, 11) is -0.649. The van der Waals surface area contributed by atoms with Crippen LogP contribution in [0.15, 0.2) is 95.7 Å². The van der Waals surface area contributed by atoms with Crippen molar-refractivity contribution in [3.63, 3.8) is 0 Å². The van der Waals surface area contributed by atoms with Crippen molar-refractivity contribution >= 4 is 18.5 Å². The van der Waals surface area contributed by atoms with Gasteiger partial charge >= 0.3 is 0 Å². The van der Waals surface area contributed by atoms with Crippen molar-refractivity contribution in [2.24, 2.45) is 5.41 Å². The van der Waals surface area contributed by atoms with E-state index in [9.17, 15) is 0 Å². The fourth-order valence-electron chi connectivity index (χ4n) is 3.33. The molecule has 1 aliphatic heterocycles. The van der Waals surface area contributed by atoms with E-state index in [2.05, 4.69) is 99.7 Å². The number of nitrogens with zero attached hydrogens (tertiary/aromatic N) is 1. The molecule has 1 radical (unpaired) electrons. The fraction of sp³-hybridized carbons (Fsp3) is 0.250. The fourth-order valence-corrected chi connectivity index (χ4v) is 5.77. The average Bonchev–Trinajstić information content (AvgIpc) is 3.33. The Morgan fingerprint density at radius 3 is 2.04 bits per heavy atom. The molecule has 2 aliphatic rings. The molecule has 0 bridgehead atoms. The summed E-state index contributed by atoms with van der Waals surface area (Å²) in [6, 6.07) is 21.7. The first-order chi connectivity index (χ1) is 13.0. The third kappa shape index (κ3) is 3.73. The maximum absolute atomic E-state index is 6.06.